The van der Waals surface area contributed by atoms with E-state index in [9.17, 15) is 9.59 Å². The summed E-state index contributed by atoms with van der Waals surface area (Å²) >= 11 is 0. The third kappa shape index (κ3) is 5.56. The van der Waals surface area contributed by atoms with E-state index < -0.39 is 5.97 Å². The lowest BCUT2D eigenvalue weighted by molar-refractivity contribution is -0.158. The lowest BCUT2D eigenvalue weighted by atomic mass is 10.2. The van der Waals surface area contributed by atoms with Gasteiger partial charge in [-0.25, -0.2) is 4.79 Å². The van der Waals surface area contributed by atoms with Gasteiger partial charge in [0.25, 0.3) is 5.91 Å². The highest BCUT2D eigenvalue weighted by Crippen LogP contribution is 2.12. The van der Waals surface area contributed by atoms with E-state index in [0.29, 0.717) is 18.8 Å². The first kappa shape index (κ1) is 17.3. The monoisotopic (exact) mass is 321 g/mol. The highest BCUT2D eigenvalue weighted by molar-refractivity contribution is 5.81. The van der Waals surface area contributed by atoms with Gasteiger partial charge in [-0.2, -0.15) is 0 Å². The van der Waals surface area contributed by atoms with E-state index in [2.05, 4.69) is 0 Å². The quantitative estimate of drug-likeness (QED) is 0.770. The van der Waals surface area contributed by atoms with Gasteiger partial charge >= 0.3 is 5.97 Å². The molecule has 0 N–H and O–H groups in total. The zero-order valence-electron chi connectivity index (χ0n) is 13.8. The molecule has 1 aromatic carbocycles. The Morgan fingerprint density at radius 1 is 1.22 bits per heavy atom. The Balaban J connectivity index is 1.72. The van der Waals surface area contributed by atoms with Crippen molar-refractivity contribution in [3.05, 3.63) is 29.8 Å². The van der Waals surface area contributed by atoms with Crippen LogP contribution in [-0.2, 0) is 19.1 Å². The first-order valence-electron chi connectivity index (χ1n) is 7.72. The van der Waals surface area contributed by atoms with E-state index >= 15 is 0 Å². The average Bonchev–Trinajstić information content (AvgIpc) is 2.49. The van der Waals surface area contributed by atoms with Gasteiger partial charge in [0, 0.05) is 13.1 Å². The average molecular weight is 321 g/mol. The van der Waals surface area contributed by atoms with Crippen molar-refractivity contribution in [1.29, 1.82) is 0 Å². The molecule has 1 aliphatic heterocycles. The van der Waals surface area contributed by atoms with Crippen LogP contribution in [0.3, 0.4) is 0 Å². The van der Waals surface area contributed by atoms with Gasteiger partial charge in [0.2, 0.25) is 0 Å². The molecule has 0 saturated carbocycles. The lowest BCUT2D eigenvalue weighted by Crippen LogP contribution is -2.49. The van der Waals surface area contributed by atoms with Crippen molar-refractivity contribution >= 4 is 11.9 Å². The van der Waals surface area contributed by atoms with Crippen molar-refractivity contribution < 1.29 is 23.8 Å². The minimum atomic E-state index is -0.561. The summed E-state index contributed by atoms with van der Waals surface area (Å²) in [6.07, 6.45) is -0.0221. The largest absolute Gasteiger partial charge is 0.482 e. The predicted molar refractivity (Wildman–Crippen MR) is 84.2 cm³/mol. The number of hydrogen-bond acceptors (Lipinski definition) is 5. The van der Waals surface area contributed by atoms with Crippen LogP contribution in [0.5, 0.6) is 5.75 Å². The molecule has 126 valence electrons. The molecule has 1 saturated heterocycles. The maximum Gasteiger partial charge on any atom is 0.344 e. The van der Waals surface area contributed by atoms with E-state index in [0.717, 1.165) is 5.56 Å². The van der Waals surface area contributed by atoms with Crippen molar-refractivity contribution in [2.45, 2.75) is 33.0 Å². The Morgan fingerprint density at radius 3 is 2.57 bits per heavy atom. The normalized spacial score (nSPS) is 20.9. The number of hydrogen-bond donors (Lipinski definition) is 0. The second kappa shape index (κ2) is 7.97. The Kier molecular flexibility index (Phi) is 5.98. The molecule has 0 aliphatic carbocycles. The SMILES string of the molecule is Cc1cccc(OCC(=O)OCC(=O)N2C[C@@H](C)O[C@H](C)C2)c1. The van der Waals surface area contributed by atoms with Gasteiger partial charge in [-0.05, 0) is 38.5 Å². The molecule has 1 fully saturated rings. The number of amides is 1. The molecule has 6 nitrogen and oxygen atoms in total. The highest BCUT2D eigenvalue weighted by atomic mass is 16.6. The Labute approximate surface area is 136 Å². The standard InChI is InChI=1S/C17H23NO5/c1-12-5-4-6-15(7-12)21-11-17(20)22-10-16(19)18-8-13(2)23-14(3)9-18/h4-7,13-14H,8-11H2,1-3H3/t13-,14-/m1/s1. The van der Waals surface area contributed by atoms with Crippen LogP contribution in [0.15, 0.2) is 24.3 Å². The van der Waals surface area contributed by atoms with Gasteiger partial charge in [0.05, 0.1) is 12.2 Å². The third-order valence-corrected chi connectivity index (χ3v) is 3.48. The van der Waals surface area contributed by atoms with Crippen LogP contribution in [0.1, 0.15) is 19.4 Å². The minimum absolute atomic E-state index is 0.0111. The van der Waals surface area contributed by atoms with Gasteiger partial charge in [0.1, 0.15) is 5.75 Å². The molecule has 0 unspecified atom stereocenters. The number of rotatable bonds is 5. The molecule has 23 heavy (non-hydrogen) atoms. The van der Waals surface area contributed by atoms with Gasteiger partial charge in [-0.15, -0.1) is 0 Å². The first-order valence-corrected chi connectivity index (χ1v) is 7.72. The third-order valence-electron chi connectivity index (χ3n) is 3.48. The lowest BCUT2D eigenvalue weighted by Gasteiger charge is -2.35. The number of esters is 1. The van der Waals surface area contributed by atoms with Crippen molar-refractivity contribution in [2.75, 3.05) is 26.3 Å². The number of ether oxygens (including phenoxy) is 3. The summed E-state index contributed by atoms with van der Waals surface area (Å²) in [5.41, 5.74) is 1.04. The molecule has 0 bridgehead atoms. The summed E-state index contributed by atoms with van der Waals surface area (Å²) in [5.74, 6) is -0.172. The molecular formula is C17H23NO5. The Hall–Kier alpha value is -2.08. The fraction of sp³-hybridized carbons (Fsp3) is 0.529. The number of benzene rings is 1. The zero-order chi connectivity index (χ0) is 16.8. The maximum atomic E-state index is 12.1. The fourth-order valence-corrected chi connectivity index (χ4v) is 2.50. The molecule has 2 atom stereocenters. The van der Waals surface area contributed by atoms with E-state index in [1.54, 1.807) is 11.0 Å². The summed E-state index contributed by atoms with van der Waals surface area (Å²) in [6.45, 7) is 6.31. The summed E-state index contributed by atoms with van der Waals surface area (Å²) in [6, 6.07) is 7.38. The molecule has 6 heteroatoms. The molecule has 2 rings (SSSR count). The van der Waals surface area contributed by atoms with E-state index in [-0.39, 0.29) is 31.3 Å². The molecule has 0 spiro atoms. The van der Waals surface area contributed by atoms with E-state index in [1.165, 1.54) is 0 Å². The van der Waals surface area contributed by atoms with Gasteiger partial charge in [-0.3, -0.25) is 4.79 Å². The fourth-order valence-electron chi connectivity index (χ4n) is 2.50. The number of nitrogens with zero attached hydrogens (tertiary/aromatic N) is 1. The zero-order valence-corrected chi connectivity index (χ0v) is 13.8. The van der Waals surface area contributed by atoms with Crippen LogP contribution in [0.2, 0.25) is 0 Å². The van der Waals surface area contributed by atoms with Gasteiger partial charge in [0.15, 0.2) is 13.2 Å². The van der Waals surface area contributed by atoms with Crippen molar-refractivity contribution in [3.63, 3.8) is 0 Å². The molecule has 0 radical (unpaired) electrons. The second-order valence-electron chi connectivity index (χ2n) is 5.82. The van der Waals surface area contributed by atoms with Crippen LogP contribution >= 0.6 is 0 Å². The van der Waals surface area contributed by atoms with Gasteiger partial charge < -0.3 is 19.1 Å². The smallest absolute Gasteiger partial charge is 0.344 e. The molecule has 1 aromatic rings. The number of aryl methyl sites for hydroxylation is 1. The summed E-state index contributed by atoms with van der Waals surface area (Å²) < 4.78 is 15.9. The molecular weight excluding hydrogens is 298 g/mol. The van der Waals surface area contributed by atoms with Crippen molar-refractivity contribution in [2.24, 2.45) is 0 Å². The molecule has 0 aromatic heterocycles. The molecule has 1 aliphatic rings. The highest BCUT2D eigenvalue weighted by Gasteiger charge is 2.26. The molecule has 1 amide bonds. The van der Waals surface area contributed by atoms with Crippen LogP contribution in [0.25, 0.3) is 0 Å². The summed E-state index contributed by atoms with van der Waals surface area (Å²) in [5, 5.41) is 0. The van der Waals surface area contributed by atoms with Gasteiger partial charge in [-0.1, -0.05) is 12.1 Å². The first-order chi connectivity index (χ1) is 10.9. The predicted octanol–water partition coefficient (Wildman–Crippen LogP) is 1.55. The van der Waals surface area contributed by atoms with Crippen LogP contribution < -0.4 is 4.74 Å². The summed E-state index contributed by atoms with van der Waals surface area (Å²) in [7, 11) is 0. The minimum Gasteiger partial charge on any atom is -0.482 e. The summed E-state index contributed by atoms with van der Waals surface area (Å²) in [4.78, 5) is 25.4. The number of carbonyl (C=O) groups excluding carboxylic acids is 2. The second-order valence-corrected chi connectivity index (χ2v) is 5.82. The van der Waals surface area contributed by atoms with E-state index in [4.69, 9.17) is 14.2 Å². The van der Waals surface area contributed by atoms with Crippen LogP contribution in [0.4, 0.5) is 0 Å². The number of morpholine rings is 1. The van der Waals surface area contributed by atoms with Crippen LogP contribution in [0, 0.1) is 6.92 Å². The van der Waals surface area contributed by atoms with Crippen molar-refractivity contribution in [1.82, 2.24) is 4.90 Å². The Bertz CT molecular complexity index is 550. The van der Waals surface area contributed by atoms with E-state index in [1.807, 2.05) is 39.0 Å². The molecule has 1 heterocycles. The van der Waals surface area contributed by atoms with Crippen molar-refractivity contribution in [3.8, 4) is 5.75 Å². The maximum absolute atomic E-state index is 12.1. The Morgan fingerprint density at radius 2 is 1.91 bits per heavy atom. The topological polar surface area (TPSA) is 65.1 Å². The van der Waals surface area contributed by atoms with Crippen LogP contribution in [-0.4, -0.2) is 55.3 Å². The number of carbonyl (C=O) groups is 2.